The molecule has 1 unspecified atom stereocenters. The number of halogens is 1. The van der Waals surface area contributed by atoms with Gasteiger partial charge in [0.15, 0.2) is 0 Å². The zero-order valence-corrected chi connectivity index (χ0v) is 15.3. The van der Waals surface area contributed by atoms with E-state index in [-0.39, 0.29) is 16.0 Å². The van der Waals surface area contributed by atoms with Gasteiger partial charge in [0.05, 0.1) is 10.6 Å². The molecule has 1 fully saturated rings. The second-order valence-electron chi connectivity index (χ2n) is 5.34. The van der Waals surface area contributed by atoms with Gasteiger partial charge in [0.2, 0.25) is 5.91 Å². The molecule has 19 heavy (non-hydrogen) atoms. The summed E-state index contributed by atoms with van der Waals surface area (Å²) in [6, 6.07) is 2.06. The van der Waals surface area contributed by atoms with Crippen molar-refractivity contribution in [1.29, 1.82) is 0 Å². The van der Waals surface area contributed by atoms with Crippen molar-refractivity contribution in [2.24, 2.45) is 0 Å². The lowest BCUT2D eigenvalue weighted by molar-refractivity contribution is -0.127. The van der Waals surface area contributed by atoms with Crippen LogP contribution in [0.25, 0.3) is 0 Å². The van der Waals surface area contributed by atoms with E-state index >= 15 is 0 Å². The summed E-state index contributed by atoms with van der Waals surface area (Å²) in [5.74, 6) is 1.87. The molecule has 106 valence electrons. The molecule has 2 rings (SSSR count). The summed E-state index contributed by atoms with van der Waals surface area (Å²) in [5, 5.41) is 2.27. The van der Waals surface area contributed by atoms with Crippen molar-refractivity contribution in [3.8, 4) is 0 Å². The fourth-order valence-electron chi connectivity index (χ4n) is 1.84. The molecule has 0 bridgehead atoms. The van der Waals surface area contributed by atoms with Crippen LogP contribution in [0.4, 0.5) is 0 Å². The first-order valence-electron chi connectivity index (χ1n) is 6.16. The highest BCUT2D eigenvalue weighted by molar-refractivity contribution is 9.10. The molecular formula is C13H18BrNOS3. The second kappa shape index (κ2) is 6.41. The zero-order valence-electron chi connectivity index (χ0n) is 11.3. The summed E-state index contributed by atoms with van der Waals surface area (Å²) >= 11 is 8.95. The van der Waals surface area contributed by atoms with Gasteiger partial charge in [-0.1, -0.05) is 20.8 Å². The van der Waals surface area contributed by atoms with Crippen LogP contribution < -0.4 is 0 Å². The van der Waals surface area contributed by atoms with Crippen LogP contribution in [0.2, 0.25) is 0 Å². The number of carbonyl (C=O) groups excluding carboxylic acids is 1. The van der Waals surface area contributed by atoms with Crippen molar-refractivity contribution in [3.05, 3.63) is 20.8 Å². The smallest absolute Gasteiger partial charge is 0.233 e. The van der Waals surface area contributed by atoms with Crippen molar-refractivity contribution < 1.29 is 4.79 Å². The number of nitrogens with zero attached hydrogens (tertiary/aromatic N) is 1. The second-order valence-corrected chi connectivity index (χ2v) is 10.1. The molecule has 2 heterocycles. The zero-order chi connectivity index (χ0) is 14.0. The summed E-state index contributed by atoms with van der Waals surface area (Å²) in [4.78, 5) is 15.3. The Balaban J connectivity index is 2.00. The van der Waals surface area contributed by atoms with E-state index in [0.717, 1.165) is 16.8 Å². The van der Waals surface area contributed by atoms with Crippen LogP contribution in [0.15, 0.2) is 15.9 Å². The third kappa shape index (κ3) is 4.16. The van der Waals surface area contributed by atoms with E-state index in [1.807, 2.05) is 16.7 Å². The maximum absolute atomic E-state index is 12.0. The van der Waals surface area contributed by atoms with Crippen LogP contribution in [0, 0.1) is 0 Å². The van der Waals surface area contributed by atoms with Crippen LogP contribution in [0.5, 0.6) is 0 Å². The van der Waals surface area contributed by atoms with E-state index in [1.54, 1.807) is 23.1 Å². The van der Waals surface area contributed by atoms with Gasteiger partial charge in [0.1, 0.15) is 5.37 Å². The predicted octanol–water partition coefficient (Wildman–Crippen LogP) is 4.62. The third-order valence-electron chi connectivity index (χ3n) is 2.70. The van der Waals surface area contributed by atoms with Crippen LogP contribution in [-0.4, -0.2) is 33.6 Å². The molecule has 0 saturated carbocycles. The Hall–Kier alpha value is 0.350. The first-order chi connectivity index (χ1) is 8.88. The maximum atomic E-state index is 12.0. The number of thiophene rings is 1. The van der Waals surface area contributed by atoms with Crippen molar-refractivity contribution in [2.75, 3.05) is 18.1 Å². The Kier molecular flexibility index (Phi) is 5.31. The molecule has 0 spiro atoms. The Morgan fingerprint density at radius 1 is 1.53 bits per heavy atom. The maximum Gasteiger partial charge on any atom is 0.233 e. The molecule has 0 aliphatic carbocycles. The van der Waals surface area contributed by atoms with Gasteiger partial charge in [-0.25, -0.2) is 0 Å². The van der Waals surface area contributed by atoms with Crippen molar-refractivity contribution >= 4 is 56.7 Å². The van der Waals surface area contributed by atoms with Gasteiger partial charge in [0, 0.05) is 21.5 Å². The highest BCUT2D eigenvalue weighted by Gasteiger charge is 2.34. The highest BCUT2D eigenvalue weighted by Crippen LogP contribution is 2.44. The predicted molar refractivity (Wildman–Crippen MR) is 91.1 cm³/mol. The standard InChI is InChI=1S/C13H18BrNOS3/c1-13(2,3)19-7-5-15-10(16)8-18-12(15)11-9(14)4-6-17-11/h4,6,12H,5,7-8H2,1-3H3. The van der Waals surface area contributed by atoms with Crippen LogP contribution in [-0.2, 0) is 4.79 Å². The highest BCUT2D eigenvalue weighted by atomic mass is 79.9. The van der Waals surface area contributed by atoms with E-state index < -0.39 is 0 Å². The number of thioether (sulfide) groups is 2. The first-order valence-corrected chi connectivity index (χ1v) is 9.87. The topological polar surface area (TPSA) is 20.3 Å². The molecule has 0 N–H and O–H groups in total. The van der Waals surface area contributed by atoms with E-state index in [2.05, 4.69) is 48.1 Å². The molecule has 0 radical (unpaired) electrons. The monoisotopic (exact) mass is 379 g/mol. The fraction of sp³-hybridized carbons (Fsp3) is 0.615. The van der Waals surface area contributed by atoms with Crippen molar-refractivity contribution in [3.63, 3.8) is 0 Å². The number of rotatable bonds is 4. The Morgan fingerprint density at radius 2 is 2.26 bits per heavy atom. The molecule has 0 aromatic carbocycles. The van der Waals surface area contributed by atoms with Crippen LogP contribution in [0.1, 0.15) is 31.0 Å². The lowest BCUT2D eigenvalue weighted by atomic mass is 10.3. The van der Waals surface area contributed by atoms with Gasteiger partial charge in [-0.15, -0.1) is 23.1 Å². The van der Waals surface area contributed by atoms with Gasteiger partial charge in [-0.3, -0.25) is 4.79 Å². The fourth-order valence-corrected chi connectivity index (χ4v) is 5.99. The molecular weight excluding hydrogens is 362 g/mol. The molecule has 6 heteroatoms. The van der Waals surface area contributed by atoms with Crippen LogP contribution in [0.3, 0.4) is 0 Å². The minimum absolute atomic E-state index is 0.197. The summed E-state index contributed by atoms with van der Waals surface area (Å²) in [6.45, 7) is 7.48. The molecule has 1 amide bonds. The average Bonchev–Trinajstić information content (AvgIpc) is 2.85. The third-order valence-corrected chi connectivity index (χ3v) is 7.25. The molecule has 2 nitrogen and oxygen atoms in total. The Morgan fingerprint density at radius 3 is 2.84 bits per heavy atom. The molecule has 1 aliphatic rings. The molecule has 1 aromatic rings. The largest absolute Gasteiger partial charge is 0.324 e. The Labute approximate surface area is 135 Å². The number of hydrogen-bond acceptors (Lipinski definition) is 4. The molecule has 1 saturated heterocycles. The summed E-state index contributed by atoms with van der Waals surface area (Å²) in [6.07, 6.45) is 0. The number of amides is 1. The lowest BCUT2D eigenvalue weighted by Crippen LogP contribution is -2.31. The van der Waals surface area contributed by atoms with Crippen LogP contribution >= 0.6 is 50.8 Å². The van der Waals surface area contributed by atoms with E-state index in [4.69, 9.17) is 0 Å². The van der Waals surface area contributed by atoms with Gasteiger partial charge in [0.25, 0.3) is 0 Å². The van der Waals surface area contributed by atoms with Crippen molar-refractivity contribution in [2.45, 2.75) is 30.9 Å². The quantitative estimate of drug-likeness (QED) is 0.761. The summed E-state index contributed by atoms with van der Waals surface area (Å²) < 4.78 is 1.38. The summed E-state index contributed by atoms with van der Waals surface area (Å²) in [7, 11) is 0. The minimum Gasteiger partial charge on any atom is -0.324 e. The summed E-state index contributed by atoms with van der Waals surface area (Å²) in [5.41, 5.74) is 0. The van der Waals surface area contributed by atoms with E-state index in [0.29, 0.717) is 5.75 Å². The SMILES string of the molecule is CC(C)(C)SCCN1C(=O)CSC1c1sccc1Br. The average molecular weight is 380 g/mol. The van der Waals surface area contributed by atoms with Gasteiger partial charge < -0.3 is 4.90 Å². The van der Waals surface area contributed by atoms with E-state index in [1.165, 1.54) is 4.88 Å². The van der Waals surface area contributed by atoms with E-state index in [9.17, 15) is 4.79 Å². The number of carbonyl (C=O) groups is 1. The van der Waals surface area contributed by atoms with Gasteiger partial charge >= 0.3 is 0 Å². The first kappa shape index (κ1) is 15.7. The van der Waals surface area contributed by atoms with Gasteiger partial charge in [-0.2, -0.15) is 11.8 Å². The van der Waals surface area contributed by atoms with Gasteiger partial charge in [-0.05, 0) is 27.4 Å². The molecule has 1 aromatic heterocycles. The Bertz CT molecular complexity index is 455. The minimum atomic E-state index is 0.197. The molecule has 1 atom stereocenters. The normalized spacial score (nSPS) is 20.3. The lowest BCUT2D eigenvalue weighted by Gasteiger charge is -2.25. The number of hydrogen-bond donors (Lipinski definition) is 0. The molecule has 1 aliphatic heterocycles. The van der Waals surface area contributed by atoms with Crippen molar-refractivity contribution in [1.82, 2.24) is 4.90 Å².